The van der Waals surface area contributed by atoms with E-state index in [0.29, 0.717) is 17.1 Å². The molecule has 0 unspecified atom stereocenters. The fourth-order valence-electron chi connectivity index (χ4n) is 1.63. The van der Waals surface area contributed by atoms with Crippen molar-refractivity contribution in [3.8, 4) is 10.6 Å². The number of pyridine rings is 1. The summed E-state index contributed by atoms with van der Waals surface area (Å²) in [4.78, 5) is 4.95. The van der Waals surface area contributed by atoms with Gasteiger partial charge in [-0.05, 0) is 45.9 Å². The number of alkyl halides is 3. The van der Waals surface area contributed by atoms with Crippen molar-refractivity contribution >= 4 is 33.1 Å². The molecule has 1 N–H and O–H groups in total. The molecule has 2 aromatic heterocycles. The first-order valence-corrected chi connectivity index (χ1v) is 7.65. The lowest BCUT2D eigenvalue weighted by Gasteiger charge is -2.12. The molecule has 20 heavy (non-hydrogen) atoms. The monoisotopic (exact) mass is 364 g/mol. The molecule has 0 aromatic carbocycles. The second kappa shape index (κ2) is 6.13. The van der Waals surface area contributed by atoms with Gasteiger partial charge in [-0.1, -0.05) is 6.92 Å². The van der Waals surface area contributed by atoms with Crippen LogP contribution in [-0.2, 0) is 6.18 Å². The van der Waals surface area contributed by atoms with Crippen LogP contribution in [0.5, 0.6) is 0 Å². The summed E-state index contributed by atoms with van der Waals surface area (Å²) in [6.07, 6.45) is -3.57. The Hall–Kier alpha value is -1.08. The quantitative estimate of drug-likeness (QED) is 0.783. The summed E-state index contributed by atoms with van der Waals surface area (Å²) in [6.45, 7) is 2.52. The van der Waals surface area contributed by atoms with Crippen molar-refractivity contribution in [1.82, 2.24) is 4.98 Å². The second-order valence-electron chi connectivity index (χ2n) is 4.15. The first-order chi connectivity index (χ1) is 9.41. The largest absolute Gasteiger partial charge is 0.416 e. The molecule has 0 aliphatic carbocycles. The van der Waals surface area contributed by atoms with Gasteiger partial charge >= 0.3 is 6.18 Å². The number of aromatic nitrogens is 1. The number of hydrogen-bond acceptors (Lipinski definition) is 3. The third kappa shape index (κ3) is 3.52. The molecule has 0 aliphatic heterocycles. The van der Waals surface area contributed by atoms with E-state index in [4.69, 9.17) is 0 Å². The maximum Gasteiger partial charge on any atom is 0.416 e. The smallest absolute Gasteiger partial charge is 0.370 e. The lowest BCUT2D eigenvalue weighted by Crippen LogP contribution is -2.09. The standard InChI is InChI=1S/C13H12BrF3N2S/c1-2-4-18-11-7-8(13(15,16)17)6-10(19-11)12-9(14)3-5-20-12/h3,5-7H,2,4H2,1H3,(H,18,19). The molecule has 0 spiro atoms. The van der Waals surface area contributed by atoms with Crippen LogP contribution in [0.25, 0.3) is 10.6 Å². The first kappa shape index (κ1) is 15.3. The number of halogens is 4. The Bertz CT molecular complexity index is 596. The Morgan fingerprint density at radius 1 is 1.35 bits per heavy atom. The van der Waals surface area contributed by atoms with E-state index in [1.807, 2.05) is 6.92 Å². The highest BCUT2D eigenvalue weighted by Gasteiger charge is 2.32. The van der Waals surface area contributed by atoms with Gasteiger partial charge in [0.15, 0.2) is 0 Å². The Morgan fingerprint density at radius 2 is 2.10 bits per heavy atom. The van der Waals surface area contributed by atoms with Gasteiger partial charge in [0, 0.05) is 11.0 Å². The molecule has 0 fully saturated rings. The van der Waals surface area contributed by atoms with Gasteiger partial charge in [0.2, 0.25) is 0 Å². The second-order valence-corrected chi connectivity index (χ2v) is 5.92. The van der Waals surface area contributed by atoms with Crippen molar-refractivity contribution in [2.24, 2.45) is 0 Å². The Morgan fingerprint density at radius 3 is 2.65 bits per heavy atom. The number of rotatable bonds is 4. The van der Waals surface area contributed by atoms with E-state index in [9.17, 15) is 13.2 Å². The van der Waals surface area contributed by atoms with Gasteiger partial charge in [0.05, 0.1) is 16.1 Å². The molecule has 108 valence electrons. The van der Waals surface area contributed by atoms with Crippen LogP contribution < -0.4 is 5.32 Å². The Labute approximate surface area is 127 Å². The lowest BCUT2D eigenvalue weighted by atomic mass is 10.2. The molecular formula is C13H12BrF3N2S. The average molecular weight is 365 g/mol. The minimum atomic E-state index is -4.38. The summed E-state index contributed by atoms with van der Waals surface area (Å²) < 4.78 is 39.6. The van der Waals surface area contributed by atoms with Gasteiger partial charge in [-0.2, -0.15) is 13.2 Å². The average Bonchev–Trinajstić information content (AvgIpc) is 2.81. The molecule has 2 heterocycles. The molecule has 2 aromatic rings. The van der Waals surface area contributed by atoms with Crippen LogP contribution in [0.3, 0.4) is 0 Å². The fraction of sp³-hybridized carbons (Fsp3) is 0.308. The van der Waals surface area contributed by atoms with E-state index in [-0.39, 0.29) is 5.82 Å². The van der Waals surface area contributed by atoms with Crippen LogP contribution in [0.15, 0.2) is 28.1 Å². The number of nitrogens with one attached hydrogen (secondary N) is 1. The molecule has 2 nitrogen and oxygen atoms in total. The SMILES string of the molecule is CCCNc1cc(C(F)(F)F)cc(-c2sccc2Br)n1. The first-order valence-electron chi connectivity index (χ1n) is 5.98. The predicted molar refractivity (Wildman–Crippen MR) is 79.0 cm³/mol. The van der Waals surface area contributed by atoms with Crippen molar-refractivity contribution in [3.63, 3.8) is 0 Å². The molecule has 7 heteroatoms. The van der Waals surface area contributed by atoms with Crippen LogP contribution in [0, 0.1) is 0 Å². The summed E-state index contributed by atoms with van der Waals surface area (Å²) in [5.74, 6) is 0.247. The van der Waals surface area contributed by atoms with E-state index in [1.165, 1.54) is 11.3 Å². The zero-order valence-electron chi connectivity index (χ0n) is 10.6. The summed E-state index contributed by atoms with van der Waals surface area (Å²) in [5.41, 5.74) is -0.373. The topological polar surface area (TPSA) is 24.9 Å². The molecule has 2 rings (SSSR count). The number of anilines is 1. The number of nitrogens with zero attached hydrogens (tertiary/aromatic N) is 1. The predicted octanol–water partition coefficient (Wildman–Crippen LogP) is 5.41. The third-order valence-electron chi connectivity index (χ3n) is 2.56. The molecule has 0 bridgehead atoms. The Balaban J connectivity index is 2.48. The van der Waals surface area contributed by atoms with Gasteiger partial charge < -0.3 is 5.32 Å². The van der Waals surface area contributed by atoms with Gasteiger partial charge in [0.1, 0.15) is 5.82 Å². The minimum Gasteiger partial charge on any atom is -0.370 e. The highest BCUT2D eigenvalue weighted by molar-refractivity contribution is 9.10. The number of hydrogen-bond donors (Lipinski definition) is 1. The zero-order valence-corrected chi connectivity index (χ0v) is 13.0. The van der Waals surface area contributed by atoms with Gasteiger partial charge in [-0.15, -0.1) is 11.3 Å². The van der Waals surface area contributed by atoms with Crippen LogP contribution >= 0.6 is 27.3 Å². The van der Waals surface area contributed by atoms with Crippen molar-refractivity contribution < 1.29 is 13.2 Å². The molecule has 0 radical (unpaired) electrons. The van der Waals surface area contributed by atoms with Crippen molar-refractivity contribution in [2.75, 3.05) is 11.9 Å². The van der Waals surface area contributed by atoms with Crippen LogP contribution in [0.1, 0.15) is 18.9 Å². The van der Waals surface area contributed by atoms with Crippen LogP contribution in [0.2, 0.25) is 0 Å². The van der Waals surface area contributed by atoms with Gasteiger partial charge in [0.25, 0.3) is 0 Å². The summed E-state index contributed by atoms with van der Waals surface area (Å²) in [6, 6.07) is 3.91. The lowest BCUT2D eigenvalue weighted by molar-refractivity contribution is -0.137. The summed E-state index contributed by atoms with van der Waals surface area (Å²) in [5, 5.41) is 4.71. The van der Waals surface area contributed by atoms with E-state index in [1.54, 1.807) is 11.4 Å². The van der Waals surface area contributed by atoms with Gasteiger partial charge in [-0.25, -0.2) is 4.98 Å². The van der Waals surface area contributed by atoms with Crippen LogP contribution in [0.4, 0.5) is 19.0 Å². The molecule has 0 amide bonds. The van der Waals surface area contributed by atoms with E-state index < -0.39 is 11.7 Å². The van der Waals surface area contributed by atoms with E-state index in [2.05, 4.69) is 26.2 Å². The molecule has 0 atom stereocenters. The van der Waals surface area contributed by atoms with Crippen LogP contribution in [-0.4, -0.2) is 11.5 Å². The third-order valence-corrected chi connectivity index (χ3v) is 4.42. The molecule has 0 saturated carbocycles. The van der Waals surface area contributed by atoms with Crippen molar-refractivity contribution in [2.45, 2.75) is 19.5 Å². The van der Waals surface area contributed by atoms with Crippen molar-refractivity contribution in [1.29, 1.82) is 0 Å². The fourth-order valence-corrected chi connectivity index (χ4v) is 3.17. The normalized spacial score (nSPS) is 11.7. The molecular weight excluding hydrogens is 353 g/mol. The molecule has 0 aliphatic rings. The van der Waals surface area contributed by atoms with Gasteiger partial charge in [-0.3, -0.25) is 0 Å². The van der Waals surface area contributed by atoms with E-state index in [0.717, 1.165) is 23.0 Å². The van der Waals surface area contributed by atoms with Crippen molar-refractivity contribution in [3.05, 3.63) is 33.6 Å². The highest BCUT2D eigenvalue weighted by atomic mass is 79.9. The summed E-state index contributed by atoms with van der Waals surface area (Å²) >= 11 is 4.67. The maximum atomic E-state index is 12.9. The summed E-state index contributed by atoms with van der Waals surface area (Å²) in [7, 11) is 0. The zero-order chi connectivity index (χ0) is 14.8. The number of thiophene rings is 1. The minimum absolute atomic E-state index is 0.247. The highest BCUT2D eigenvalue weighted by Crippen LogP contribution is 2.37. The Kier molecular flexibility index (Phi) is 4.70. The maximum absolute atomic E-state index is 12.9. The van der Waals surface area contributed by atoms with E-state index >= 15 is 0 Å². The molecule has 0 saturated heterocycles.